The lowest BCUT2D eigenvalue weighted by Crippen LogP contribution is -1.92. The van der Waals surface area contributed by atoms with Gasteiger partial charge in [0, 0.05) is 0 Å². The molecule has 0 fully saturated rings. The molecule has 2 aromatic carbocycles. The standard InChI is InChI=1S/C23H22N2S/c1-17-4-8-19(9-5-17)12-14-21-16-22(25-23(24-21)26-3)15-13-20-10-6-18(2)7-11-20/h4-16H,1-3H3/b14-12+,15-13+. The number of hydrogen-bond donors (Lipinski definition) is 0. The predicted molar refractivity (Wildman–Crippen MR) is 114 cm³/mol. The van der Waals surface area contributed by atoms with Crippen LogP contribution in [0.1, 0.15) is 33.6 Å². The molecule has 3 rings (SSSR count). The van der Waals surface area contributed by atoms with Crippen molar-refractivity contribution in [2.75, 3.05) is 6.26 Å². The number of benzene rings is 2. The first-order valence-electron chi connectivity index (χ1n) is 8.55. The Labute approximate surface area is 159 Å². The zero-order valence-electron chi connectivity index (χ0n) is 15.3. The van der Waals surface area contributed by atoms with Gasteiger partial charge in [-0.25, -0.2) is 9.97 Å². The number of nitrogens with zero attached hydrogens (tertiary/aromatic N) is 2. The molecule has 0 bridgehead atoms. The molecule has 0 aliphatic heterocycles. The van der Waals surface area contributed by atoms with Gasteiger partial charge in [0.15, 0.2) is 5.16 Å². The molecule has 0 N–H and O–H groups in total. The summed E-state index contributed by atoms with van der Waals surface area (Å²) in [6.45, 7) is 4.19. The second kappa shape index (κ2) is 8.63. The van der Waals surface area contributed by atoms with Gasteiger partial charge in [0.2, 0.25) is 0 Å². The molecule has 0 atom stereocenters. The fourth-order valence-corrected chi connectivity index (χ4v) is 2.84. The molecule has 0 radical (unpaired) electrons. The van der Waals surface area contributed by atoms with Gasteiger partial charge < -0.3 is 0 Å². The summed E-state index contributed by atoms with van der Waals surface area (Å²) in [7, 11) is 0. The van der Waals surface area contributed by atoms with E-state index in [0.717, 1.165) is 27.7 Å². The van der Waals surface area contributed by atoms with Gasteiger partial charge in [-0.3, -0.25) is 0 Å². The van der Waals surface area contributed by atoms with Crippen LogP contribution < -0.4 is 0 Å². The molecule has 1 aromatic heterocycles. The van der Waals surface area contributed by atoms with E-state index in [2.05, 4.69) is 84.5 Å². The fourth-order valence-electron chi connectivity index (χ4n) is 2.44. The molecule has 1 heterocycles. The van der Waals surface area contributed by atoms with Crippen LogP contribution in [0.4, 0.5) is 0 Å². The van der Waals surface area contributed by atoms with Crippen molar-refractivity contribution in [1.82, 2.24) is 9.97 Å². The normalized spacial score (nSPS) is 11.5. The van der Waals surface area contributed by atoms with Crippen molar-refractivity contribution in [3.63, 3.8) is 0 Å². The summed E-state index contributed by atoms with van der Waals surface area (Å²) in [4.78, 5) is 9.16. The molecule has 0 spiro atoms. The third-order valence-corrected chi connectivity index (χ3v) is 4.52. The quantitative estimate of drug-likeness (QED) is 0.404. The van der Waals surface area contributed by atoms with E-state index in [0.29, 0.717) is 0 Å². The summed E-state index contributed by atoms with van der Waals surface area (Å²) in [5, 5.41) is 0.777. The molecule has 0 aliphatic carbocycles. The van der Waals surface area contributed by atoms with E-state index in [1.807, 2.05) is 24.5 Å². The highest BCUT2D eigenvalue weighted by atomic mass is 32.2. The van der Waals surface area contributed by atoms with E-state index in [4.69, 9.17) is 0 Å². The molecule has 0 saturated heterocycles. The largest absolute Gasteiger partial charge is 0.223 e. The Morgan fingerprint density at radius 1 is 0.654 bits per heavy atom. The first kappa shape index (κ1) is 18.2. The summed E-state index contributed by atoms with van der Waals surface area (Å²) in [5.41, 5.74) is 6.67. The average molecular weight is 359 g/mol. The molecule has 26 heavy (non-hydrogen) atoms. The zero-order valence-corrected chi connectivity index (χ0v) is 16.1. The minimum Gasteiger partial charge on any atom is -0.223 e. The molecule has 2 nitrogen and oxygen atoms in total. The highest BCUT2D eigenvalue weighted by Crippen LogP contribution is 2.16. The number of hydrogen-bond acceptors (Lipinski definition) is 3. The van der Waals surface area contributed by atoms with E-state index < -0.39 is 0 Å². The zero-order chi connectivity index (χ0) is 18.4. The van der Waals surface area contributed by atoms with E-state index in [1.165, 1.54) is 11.1 Å². The van der Waals surface area contributed by atoms with Crippen LogP contribution >= 0.6 is 11.8 Å². The van der Waals surface area contributed by atoms with Gasteiger partial charge in [-0.05, 0) is 49.4 Å². The van der Waals surface area contributed by atoms with Crippen LogP contribution in [-0.2, 0) is 0 Å². The lowest BCUT2D eigenvalue weighted by atomic mass is 10.1. The van der Waals surface area contributed by atoms with Gasteiger partial charge in [-0.2, -0.15) is 0 Å². The maximum Gasteiger partial charge on any atom is 0.188 e. The van der Waals surface area contributed by atoms with E-state index in [-0.39, 0.29) is 0 Å². The third-order valence-electron chi connectivity index (χ3n) is 3.98. The molecule has 0 unspecified atom stereocenters. The molecule has 130 valence electrons. The number of thioether (sulfide) groups is 1. The fraction of sp³-hybridized carbons (Fsp3) is 0.130. The topological polar surface area (TPSA) is 25.8 Å². The summed E-state index contributed by atoms with van der Waals surface area (Å²) in [5.74, 6) is 0. The minimum atomic E-state index is 0.777. The Bertz CT molecular complexity index is 850. The Hall–Kier alpha value is -2.65. The van der Waals surface area contributed by atoms with Crippen molar-refractivity contribution in [1.29, 1.82) is 0 Å². The van der Waals surface area contributed by atoms with E-state index in [9.17, 15) is 0 Å². The predicted octanol–water partition coefficient (Wildman–Crippen LogP) is 6.16. The molecular formula is C23H22N2S. The monoisotopic (exact) mass is 358 g/mol. The van der Waals surface area contributed by atoms with Crippen molar-refractivity contribution in [3.05, 3.63) is 88.2 Å². The number of aromatic nitrogens is 2. The van der Waals surface area contributed by atoms with Gasteiger partial charge in [-0.15, -0.1) is 0 Å². The summed E-state index contributed by atoms with van der Waals surface area (Å²) < 4.78 is 0. The second-order valence-corrected chi connectivity index (χ2v) is 6.97. The first-order valence-corrected chi connectivity index (χ1v) is 9.77. The second-order valence-electron chi connectivity index (χ2n) is 6.19. The molecular weight excluding hydrogens is 336 g/mol. The molecule has 3 heteroatoms. The van der Waals surface area contributed by atoms with Crippen LogP contribution in [0.5, 0.6) is 0 Å². The number of rotatable bonds is 5. The molecule has 3 aromatic rings. The van der Waals surface area contributed by atoms with Gasteiger partial charge in [0.1, 0.15) is 0 Å². The van der Waals surface area contributed by atoms with Crippen molar-refractivity contribution in [2.24, 2.45) is 0 Å². The molecule has 0 saturated carbocycles. The van der Waals surface area contributed by atoms with Crippen LogP contribution in [-0.4, -0.2) is 16.2 Å². The highest BCUT2D eigenvalue weighted by molar-refractivity contribution is 7.98. The maximum absolute atomic E-state index is 4.58. The summed E-state index contributed by atoms with van der Waals surface area (Å²) >= 11 is 1.55. The SMILES string of the molecule is CSc1nc(/C=C/c2ccc(C)cc2)cc(/C=C/c2ccc(C)cc2)n1. The minimum absolute atomic E-state index is 0.777. The Balaban J connectivity index is 1.83. The van der Waals surface area contributed by atoms with Crippen molar-refractivity contribution >= 4 is 36.1 Å². The van der Waals surface area contributed by atoms with Gasteiger partial charge in [0.25, 0.3) is 0 Å². The smallest absolute Gasteiger partial charge is 0.188 e. The van der Waals surface area contributed by atoms with E-state index in [1.54, 1.807) is 11.8 Å². The van der Waals surface area contributed by atoms with Crippen molar-refractivity contribution < 1.29 is 0 Å². The van der Waals surface area contributed by atoms with Gasteiger partial charge >= 0.3 is 0 Å². The Kier molecular flexibility index (Phi) is 6.03. The summed E-state index contributed by atoms with van der Waals surface area (Å²) in [6, 6.07) is 18.9. The lowest BCUT2D eigenvalue weighted by molar-refractivity contribution is 0.952. The summed E-state index contributed by atoms with van der Waals surface area (Å²) in [6.07, 6.45) is 10.2. The van der Waals surface area contributed by atoms with Crippen LogP contribution in [0.2, 0.25) is 0 Å². The van der Waals surface area contributed by atoms with Crippen molar-refractivity contribution in [3.8, 4) is 0 Å². The van der Waals surface area contributed by atoms with Gasteiger partial charge in [-0.1, -0.05) is 83.6 Å². The highest BCUT2D eigenvalue weighted by Gasteiger charge is 2.00. The van der Waals surface area contributed by atoms with Gasteiger partial charge in [0.05, 0.1) is 11.4 Å². The van der Waals surface area contributed by atoms with Crippen molar-refractivity contribution in [2.45, 2.75) is 19.0 Å². The first-order chi connectivity index (χ1) is 12.6. The Morgan fingerprint density at radius 3 is 1.46 bits per heavy atom. The number of aryl methyl sites for hydroxylation is 2. The van der Waals surface area contributed by atoms with Crippen LogP contribution in [0, 0.1) is 13.8 Å². The van der Waals surface area contributed by atoms with Crippen LogP contribution in [0.3, 0.4) is 0 Å². The Morgan fingerprint density at radius 2 is 1.08 bits per heavy atom. The van der Waals surface area contributed by atoms with Crippen LogP contribution in [0.25, 0.3) is 24.3 Å². The van der Waals surface area contributed by atoms with Crippen LogP contribution in [0.15, 0.2) is 59.8 Å². The third kappa shape index (κ3) is 5.17. The molecule has 0 aliphatic rings. The average Bonchev–Trinajstić information content (AvgIpc) is 2.67. The molecule has 0 amide bonds. The lowest BCUT2D eigenvalue weighted by Gasteiger charge is -2.02. The van der Waals surface area contributed by atoms with E-state index >= 15 is 0 Å². The maximum atomic E-state index is 4.58.